The van der Waals surface area contributed by atoms with E-state index in [1.165, 1.54) is 56.9 Å². The molecule has 0 bridgehead atoms. The summed E-state index contributed by atoms with van der Waals surface area (Å²) in [6.07, 6.45) is 19.2. The molecule has 3 saturated heterocycles. The van der Waals surface area contributed by atoms with Gasteiger partial charge in [0.2, 0.25) is 10.9 Å². The van der Waals surface area contributed by atoms with Crippen LogP contribution in [0.25, 0.3) is 167 Å². The van der Waals surface area contributed by atoms with Crippen LogP contribution in [-0.2, 0) is 19.0 Å². The fraction of sp³-hybridized carbons (Fsp3) is 0.178. The third-order valence-corrected chi connectivity index (χ3v) is 27.4. The molecule has 3 fully saturated rings. The molecule has 132 heavy (non-hydrogen) atoms. The van der Waals surface area contributed by atoms with E-state index in [0.29, 0.717) is 21.8 Å². The van der Waals surface area contributed by atoms with Crippen LogP contribution in [-0.4, -0.2) is 183 Å². The Bertz CT molecular complexity index is 7430. The molecule has 0 unspecified atom stereocenters. The van der Waals surface area contributed by atoms with Crippen LogP contribution in [0.5, 0.6) is 0 Å². The molecule has 0 radical (unpaired) electrons. The number of hydrogen-bond acceptors (Lipinski definition) is 24. The first kappa shape index (κ1) is 86.9. The van der Waals surface area contributed by atoms with Crippen LogP contribution < -0.4 is 20.4 Å². The van der Waals surface area contributed by atoms with Crippen LogP contribution in [0.4, 0.5) is 15.4 Å². The number of aromatic nitrogens is 15. The number of carbonyl (C=O) groups excluding carboxylic acids is 3. The van der Waals surface area contributed by atoms with Crippen molar-refractivity contribution in [2.45, 2.75) is 34.6 Å². The molecule has 20 aromatic rings. The first-order chi connectivity index (χ1) is 64.8. The van der Waals surface area contributed by atoms with Crippen molar-refractivity contribution in [1.29, 1.82) is 0 Å². The van der Waals surface area contributed by atoms with E-state index >= 15 is 0 Å². The number of esters is 1. The Labute approximate surface area is 779 Å². The monoisotopic (exact) mass is 1840 g/mol. The van der Waals surface area contributed by atoms with Crippen LogP contribution >= 0.6 is 56.7 Å². The number of nitrogens with zero attached hydrogens (tertiary/aromatic N) is 13. The van der Waals surface area contributed by atoms with Crippen LogP contribution in [0.3, 0.4) is 0 Å². The van der Waals surface area contributed by atoms with E-state index in [0.717, 1.165) is 255 Å². The SMILES string of the molecule is CC(=O)Nc1nc(-c2c[nH]c3ncc(-c4ccccc4)cc23)c(C)s1.CCOC(=O)c1nc(-c2c[nH]c3ncc(-c4ccccc4)cc23)cs1.Cc1sc(C(=O)N2CCNCC2)nc1-c1c[nH]c2ncc(-c3ccccc3)cc12.Cc1sc(N2CCOCC2)nc1-c1c[nH]c2ncc(-c3ccccc3)cc12.c1ccc(-c2cnc3[nH]cc(-c4csc(N5CCOCC5)n4)c3c2)cc1. The number of thiazole rings is 5. The molecule has 23 rings (SSSR count). The average Bonchev–Trinajstić information content (AvgIpc) is 1.66. The topological polar surface area (TPSA) is 321 Å². The molecule has 0 spiro atoms. The zero-order valence-corrected chi connectivity index (χ0v) is 76.8. The number of carbonyl (C=O) groups is 3. The summed E-state index contributed by atoms with van der Waals surface area (Å²) >= 11 is 7.67. The van der Waals surface area contributed by atoms with Crippen molar-refractivity contribution in [1.82, 2.24) is 85.0 Å². The average molecular weight is 1840 g/mol. The standard InChI is InChI=1S/C22H21N5OS.C21H20N4OS.C20H18N4OS.C19H16N4OS.C19H15N3O2S/c1-14-19(26-21(29-14)22(28)27-9-7-23-8-10-27)18-13-25-20-17(18)11-16(12-24-20)15-5-3-2-4-6-15;1-14-19(24-21(27-14)25-7-9-26-10-8-25)18-13-23-20-17(18)11-16(12-22-20)15-5-3-2-4-6-15;1-2-4-14(5-3-1)15-10-16-17(12-22-19(16)21-11-15)18-13-26-20(23-18)24-6-8-25-9-7-24;1-11-17(23-19(25-11)22-12(2)24)16-10-21-18-15(16)8-14(9-20-18)13-6-4-3-5-7-13;1-2-24-19(23)18-22-16(11-25-18)15-10-21-17-14(15)8-13(9-20-17)12-6-4-3-5-7-12/h2-6,11-13,23H,7-10H2,1H3,(H,24,25);2-6,11-13H,7-10H2,1H3,(H,22,23);1-5,10-13H,6-9H2,(H,21,22);3-10H,1-2H3,(H,20,21)(H,22,23,24);3-11H,2H2,1H3,(H,20,21). The number of amides is 2. The minimum Gasteiger partial charge on any atom is -0.461 e. The fourth-order valence-electron chi connectivity index (χ4n) is 16.1. The van der Waals surface area contributed by atoms with Gasteiger partial charge < -0.3 is 64.5 Å². The van der Waals surface area contributed by atoms with Crippen molar-refractivity contribution in [3.05, 3.63) is 279 Å². The van der Waals surface area contributed by atoms with Gasteiger partial charge in [-0.25, -0.2) is 54.6 Å². The van der Waals surface area contributed by atoms with Gasteiger partial charge in [0.05, 0.1) is 61.5 Å². The van der Waals surface area contributed by atoms with Crippen molar-refractivity contribution >= 4 is 145 Å². The molecular weight excluding hydrogens is 1750 g/mol. The number of aryl methyl sites for hydroxylation is 3. The molecule has 18 heterocycles. The minimum atomic E-state index is -0.387. The molecule has 15 aromatic heterocycles. The van der Waals surface area contributed by atoms with Gasteiger partial charge in [-0.3, -0.25) is 9.59 Å². The first-order valence-corrected chi connectivity index (χ1v) is 47.5. The Morgan fingerprint density at radius 2 is 0.750 bits per heavy atom. The number of ether oxygens (including phenoxy) is 3. The maximum Gasteiger partial charge on any atom is 0.367 e. The van der Waals surface area contributed by atoms with Gasteiger partial charge in [0.1, 0.15) is 28.2 Å². The summed E-state index contributed by atoms with van der Waals surface area (Å²) in [5, 5.41) is 18.9. The highest BCUT2D eigenvalue weighted by molar-refractivity contribution is 7.16. The van der Waals surface area contributed by atoms with Crippen LogP contribution in [0.15, 0.2) is 255 Å². The smallest absolute Gasteiger partial charge is 0.367 e. The largest absolute Gasteiger partial charge is 0.461 e. The van der Waals surface area contributed by atoms with Crippen LogP contribution in [0.2, 0.25) is 0 Å². The van der Waals surface area contributed by atoms with E-state index < -0.39 is 0 Å². The summed E-state index contributed by atoms with van der Waals surface area (Å²) in [5.74, 6) is -0.484. The first-order valence-electron chi connectivity index (χ1n) is 43.3. The quantitative estimate of drug-likeness (QED) is 0.0442. The highest BCUT2D eigenvalue weighted by Crippen LogP contribution is 2.42. The second kappa shape index (κ2) is 39.9. The van der Waals surface area contributed by atoms with Gasteiger partial charge in [-0.1, -0.05) is 152 Å². The third-order valence-electron chi connectivity index (χ3n) is 22.8. The molecule has 31 heteroatoms. The number of hydrogen-bond donors (Lipinski definition) is 7. The lowest BCUT2D eigenvalue weighted by atomic mass is 10.0. The van der Waals surface area contributed by atoms with Gasteiger partial charge in [-0.05, 0) is 85.8 Å². The van der Waals surface area contributed by atoms with Gasteiger partial charge in [-0.2, -0.15) is 0 Å². The summed E-state index contributed by atoms with van der Waals surface area (Å²) in [6.45, 7) is 19.6. The van der Waals surface area contributed by atoms with Crippen molar-refractivity contribution < 1.29 is 28.6 Å². The van der Waals surface area contributed by atoms with Gasteiger partial charge in [-0.15, -0.1) is 56.7 Å². The molecule has 0 aliphatic carbocycles. The second-order valence-electron chi connectivity index (χ2n) is 31.4. The van der Waals surface area contributed by atoms with E-state index in [9.17, 15) is 14.4 Å². The zero-order chi connectivity index (χ0) is 90.0. The number of anilines is 3. The third kappa shape index (κ3) is 19.3. The number of nitrogens with one attached hydrogen (secondary N) is 7. The molecule has 0 saturated carbocycles. The Morgan fingerprint density at radius 1 is 0.394 bits per heavy atom. The highest BCUT2D eigenvalue weighted by Gasteiger charge is 2.27. The molecule has 2 amide bonds. The summed E-state index contributed by atoms with van der Waals surface area (Å²) in [4.78, 5) is 108. The Kier molecular flexibility index (Phi) is 26.3. The number of piperazine rings is 1. The molecular formula is C101H90N20O6S5. The van der Waals surface area contributed by atoms with Crippen molar-refractivity contribution in [2.24, 2.45) is 0 Å². The summed E-state index contributed by atoms with van der Waals surface area (Å²) in [7, 11) is 0. The van der Waals surface area contributed by atoms with Gasteiger partial charge in [0.25, 0.3) is 5.91 Å². The molecule has 0 atom stereocenters. The van der Waals surface area contributed by atoms with E-state index in [1.807, 2.05) is 165 Å². The van der Waals surface area contributed by atoms with Crippen LogP contribution in [0.1, 0.15) is 48.1 Å². The second-order valence-corrected chi connectivity index (χ2v) is 36.7. The molecule has 660 valence electrons. The molecule has 26 nitrogen and oxygen atoms in total. The minimum absolute atomic E-state index is 0.0220. The number of morpholine rings is 2. The predicted molar refractivity (Wildman–Crippen MR) is 532 cm³/mol. The van der Waals surface area contributed by atoms with E-state index in [4.69, 9.17) is 29.2 Å². The number of aromatic amines is 5. The molecule has 7 N–H and O–H groups in total. The lowest BCUT2D eigenvalue weighted by Crippen LogP contribution is -2.46. The van der Waals surface area contributed by atoms with E-state index in [1.54, 1.807) is 29.6 Å². The number of benzene rings is 5. The molecule has 3 aliphatic rings. The summed E-state index contributed by atoms with van der Waals surface area (Å²) < 4.78 is 15.9. The predicted octanol–water partition coefficient (Wildman–Crippen LogP) is 21.5. The van der Waals surface area contributed by atoms with Crippen LogP contribution in [0, 0.1) is 20.8 Å². The van der Waals surface area contributed by atoms with Crippen molar-refractivity contribution in [3.63, 3.8) is 0 Å². The summed E-state index contributed by atoms with van der Waals surface area (Å²) in [5.41, 5.74) is 24.9. The number of H-pyrrole nitrogens is 5. The van der Waals surface area contributed by atoms with Crippen molar-refractivity contribution in [2.75, 3.05) is 101 Å². The van der Waals surface area contributed by atoms with Gasteiger partial charge in [0.15, 0.2) is 20.4 Å². The lowest BCUT2D eigenvalue weighted by Gasteiger charge is -2.26. The maximum atomic E-state index is 12.9. The number of pyridine rings is 5. The fourth-order valence-corrected chi connectivity index (χ4v) is 20.4. The lowest BCUT2D eigenvalue weighted by molar-refractivity contribution is -0.114. The van der Waals surface area contributed by atoms with E-state index in [2.05, 4.69) is 196 Å². The highest BCUT2D eigenvalue weighted by atomic mass is 32.1. The van der Waals surface area contributed by atoms with Crippen molar-refractivity contribution in [3.8, 4) is 112 Å². The Hall–Kier alpha value is -14.4. The molecule has 3 aliphatic heterocycles. The number of fused-ring (bicyclic) bond motifs is 5. The molecule has 5 aromatic carbocycles. The zero-order valence-electron chi connectivity index (χ0n) is 72.7. The van der Waals surface area contributed by atoms with E-state index in [-0.39, 0.29) is 17.8 Å². The summed E-state index contributed by atoms with van der Waals surface area (Å²) in [6, 6.07) is 61.9. The van der Waals surface area contributed by atoms with Gasteiger partial charge >= 0.3 is 5.97 Å². The normalized spacial score (nSPS) is 13.3. The Balaban J connectivity index is 0.000000107. The van der Waals surface area contributed by atoms with Gasteiger partial charge in [0, 0.05) is 229 Å². The number of rotatable bonds is 16. The maximum absolute atomic E-state index is 12.9. The Morgan fingerprint density at radius 3 is 1.16 bits per heavy atom.